The van der Waals surface area contributed by atoms with Crippen LogP contribution in [0.3, 0.4) is 0 Å². The number of nitrogens with zero attached hydrogens (tertiary/aromatic N) is 1. The molecule has 0 amide bonds. The Labute approximate surface area is 132 Å². The number of halogens is 1. The molecule has 4 unspecified atom stereocenters. The standard InChI is InChI=1S/C16H19BrN2S/c1-9(13-7-10-2-3-11(13)6-10)18-16-19-14-5-4-12(17)8-15(14)20-16/h4-5,8-11,13H,2-3,6-7H2,1H3,(H,18,19). The second kappa shape index (κ2) is 4.99. The lowest BCUT2D eigenvalue weighted by molar-refractivity contribution is 0.304. The van der Waals surface area contributed by atoms with Crippen molar-refractivity contribution in [3.05, 3.63) is 22.7 Å². The minimum atomic E-state index is 0.550. The van der Waals surface area contributed by atoms with Gasteiger partial charge in [0.2, 0.25) is 0 Å². The molecule has 2 aliphatic rings. The molecule has 106 valence electrons. The molecule has 1 N–H and O–H groups in total. The van der Waals surface area contributed by atoms with Crippen LogP contribution < -0.4 is 5.32 Å². The van der Waals surface area contributed by atoms with Gasteiger partial charge < -0.3 is 5.32 Å². The molecule has 1 aromatic heterocycles. The Kier molecular flexibility index (Phi) is 3.26. The fourth-order valence-electron chi connectivity index (χ4n) is 4.17. The van der Waals surface area contributed by atoms with E-state index in [1.807, 2.05) is 0 Å². The summed E-state index contributed by atoms with van der Waals surface area (Å²) >= 11 is 5.29. The summed E-state index contributed by atoms with van der Waals surface area (Å²) in [5.74, 6) is 2.83. The van der Waals surface area contributed by atoms with Gasteiger partial charge >= 0.3 is 0 Å². The zero-order chi connectivity index (χ0) is 13.7. The molecule has 0 spiro atoms. The van der Waals surface area contributed by atoms with Gasteiger partial charge in [-0.1, -0.05) is 33.7 Å². The van der Waals surface area contributed by atoms with E-state index in [9.17, 15) is 0 Å². The van der Waals surface area contributed by atoms with Gasteiger partial charge in [-0.25, -0.2) is 4.98 Å². The van der Waals surface area contributed by atoms with Gasteiger partial charge in [0.25, 0.3) is 0 Å². The third-order valence-corrected chi connectivity index (χ3v) is 6.58. The van der Waals surface area contributed by atoms with Crippen molar-refractivity contribution in [2.75, 3.05) is 5.32 Å². The average molecular weight is 351 g/mol. The van der Waals surface area contributed by atoms with Crippen molar-refractivity contribution in [2.24, 2.45) is 17.8 Å². The van der Waals surface area contributed by atoms with E-state index >= 15 is 0 Å². The van der Waals surface area contributed by atoms with Crippen molar-refractivity contribution < 1.29 is 0 Å². The normalized spacial score (nSPS) is 30.0. The first-order valence-electron chi connectivity index (χ1n) is 7.51. The fraction of sp³-hybridized carbons (Fsp3) is 0.562. The maximum atomic E-state index is 4.71. The zero-order valence-corrected chi connectivity index (χ0v) is 14.0. The summed E-state index contributed by atoms with van der Waals surface area (Å²) < 4.78 is 2.38. The third kappa shape index (κ3) is 2.27. The highest BCUT2D eigenvalue weighted by atomic mass is 79.9. The lowest BCUT2D eigenvalue weighted by atomic mass is 9.84. The molecule has 2 bridgehead atoms. The molecule has 2 aromatic rings. The van der Waals surface area contributed by atoms with Gasteiger partial charge in [-0.05, 0) is 62.1 Å². The Balaban J connectivity index is 1.52. The SMILES string of the molecule is CC(Nc1nc2ccc(Br)cc2s1)C1CC2CCC1C2. The lowest BCUT2D eigenvalue weighted by Gasteiger charge is -2.28. The summed E-state index contributed by atoms with van der Waals surface area (Å²) in [6, 6.07) is 6.85. The first-order valence-corrected chi connectivity index (χ1v) is 9.12. The van der Waals surface area contributed by atoms with Gasteiger partial charge in [0.1, 0.15) is 0 Å². The predicted octanol–water partition coefficient (Wildman–Crippen LogP) is 5.30. The van der Waals surface area contributed by atoms with E-state index in [-0.39, 0.29) is 0 Å². The van der Waals surface area contributed by atoms with Crippen LogP contribution >= 0.6 is 27.3 Å². The van der Waals surface area contributed by atoms with Crippen molar-refractivity contribution in [1.82, 2.24) is 4.98 Å². The maximum Gasteiger partial charge on any atom is 0.184 e. The molecule has 4 rings (SSSR count). The number of fused-ring (bicyclic) bond motifs is 3. The van der Waals surface area contributed by atoms with Gasteiger partial charge in [0.05, 0.1) is 10.2 Å². The highest BCUT2D eigenvalue weighted by molar-refractivity contribution is 9.10. The molecule has 2 fully saturated rings. The Bertz CT molecular complexity index is 638. The summed E-state index contributed by atoms with van der Waals surface area (Å²) in [5.41, 5.74) is 1.10. The van der Waals surface area contributed by atoms with Crippen LogP contribution in [-0.2, 0) is 0 Å². The monoisotopic (exact) mass is 350 g/mol. The van der Waals surface area contributed by atoms with Crippen LogP contribution in [0.2, 0.25) is 0 Å². The van der Waals surface area contributed by atoms with Crippen molar-refractivity contribution in [3.8, 4) is 0 Å². The number of nitrogens with one attached hydrogen (secondary N) is 1. The molecular formula is C16H19BrN2S. The van der Waals surface area contributed by atoms with Crippen LogP contribution in [0.4, 0.5) is 5.13 Å². The van der Waals surface area contributed by atoms with Gasteiger partial charge in [-0.3, -0.25) is 0 Å². The van der Waals surface area contributed by atoms with E-state index in [2.05, 4.69) is 46.4 Å². The van der Waals surface area contributed by atoms with E-state index in [0.717, 1.165) is 32.9 Å². The number of benzene rings is 1. The van der Waals surface area contributed by atoms with Gasteiger partial charge in [0, 0.05) is 10.5 Å². The number of aromatic nitrogens is 1. The van der Waals surface area contributed by atoms with Gasteiger partial charge in [0.15, 0.2) is 5.13 Å². The second-order valence-electron chi connectivity index (χ2n) is 6.40. The Morgan fingerprint density at radius 2 is 2.25 bits per heavy atom. The third-order valence-electron chi connectivity index (χ3n) is 5.14. The first kappa shape index (κ1) is 13.1. The molecule has 4 heteroatoms. The number of anilines is 1. The van der Waals surface area contributed by atoms with Gasteiger partial charge in [-0.15, -0.1) is 0 Å². The summed E-state index contributed by atoms with van der Waals surface area (Å²) in [6.07, 6.45) is 5.83. The van der Waals surface area contributed by atoms with Crippen LogP contribution in [-0.4, -0.2) is 11.0 Å². The van der Waals surface area contributed by atoms with Crippen LogP contribution in [0.15, 0.2) is 22.7 Å². The number of thiazole rings is 1. The van der Waals surface area contributed by atoms with Crippen LogP contribution in [0.25, 0.3) is 10.2 Å². The minimum absolute atomic E-state index is 0.550. The van der Waals surface area contributed by atoms with Crippen LogP contribution in [0, 0.1) is 17.8 Å². The Morgan fingerprint density at radius 1 is 1.35 bits per heavy atom. The minimum Gasteiger partial charge on any atom is -0.359 e. The Morgan fingerprint density at radius 3 is 3.00 bits per heavy atom. The highest BCUT2D eigenvalue weighted by Crippen LogP contribution is 2.50. The molecule has 2 saturated carbocycles. The molecule has 0 saturated heterocycles. The number of rotatable bonds is 3. The predicted molar refractivity (Wildman–Crippen MR) is 89.3 cm³/mol. The summed E-state index contributed by atoms with van der Waals surface area (Å²) in [4.78, 5) is 4.71. The second-order valence-corrected chi connectivity index (χ2v) is 8.35. The molecule has 4 atom stereocenters. The number of hydrogen-bond acceptors (Lipinski definition) is 3. The maximum absolute atomic E-state index is 4.71. The fourth-order valence-corrected chi connectivity index (χ4v) is 5.68. The van der Waals surface area contributed by atoms with Crippen LogP contribution in [0.5, 0.6) is 0 Å². The first-order chi connectivity index (χ1) is 9.69. The smallest absolute Gasteiger partial charge is 0.184 e. The average Bonchev–Trinajstić information content (AvgIpc) is 3.11. The van der Waals surface area contributed by atoms with Crippen molar-refractivity contribution >= 4 is 42.6 Å². The zero-order valence-electron chi connectivity index (χ0n) is 11.6. The lowest BCUT2D eigenvalue weighted by Crippen LogP contribution is -2.29. The van der Waals surface area contributed by atoms with Crippen molar-refractivity contribution in [3.63, 3.8) is 0 Å². The summed E-state index contributed by atoms with van der Waals surface area (Å²) in [7, 11) is 0. The van der Waals surface area contributed by atoms with E-state index in [1.165, 1.54) is 30.4 Å². The van der Waals surface area contributed by atoms with E-state index in [1.54, 1.807) is 11.3 Å². The van der Waals surface area contributed by atoms with Crippen molar-refractivity contribution in [2.45, 2.75) is 38.6 Å². The molecule has 2 aliphatic carbocycles. The van der Waals surface area contributed by atoms with E-state index < -0.39 is 0 Å². The van der Waals surface area contributed by atoms with Gasteiger partial charge in [-0.2, -0.15) is 0 Å². The van der Waals surface area contributed by atoms with Crippen LogP contribution in [0.1, 0.15) is 32.6 Å². The molecule has 1 heterocycles. The van der Waals surface area contributed by atoms with E-state index in [0.29, 0.717) is 6.04 Å². The quantitative estimate of drug-likeness (QED) is 0.812. The molecule has 0 aliphatic heterocycles. The molecular weight excluding hydrogens is 332 g/mol. The van der Waals surface area contributed by atoms with Crippen molar-refractivity contribution in [1.29, 1.82) is 0 Å². The largest absolute Gasteiger partial charge is 0.359 e. The summed E-state index contributed by atoms with van der Waals surface area (Å²) in [6.45, 7) is 2.34. The van der Waals surface area contributed by atoms with E-state index in [4.69, 9.17) is 4.98 Å². The molecule has 1 aromatic carbocycles. The Hall–Kier alpha value is -0.610. The number of hydrogen-bond donors (Lipinski definition) is 1. The highest BCUT2D eigenvalue weighted by Gasteiger charge is 2.41. The molecule has 0 radical (unpaired) electrons. The molecule has 2 nitrogen and oxygen atoms in total. The molecule has 20 heavy (non-hydrogen) atoms. The summed E-state index contributed by atoms with van der Waals surface area (Å²) in [5, 5.41) is 4.75. The topological polar surface area (TPSA) is 24.9 Å².